The van der Waals surface area contributed by atoms with Gasteiger partial charge in [-0.1, -0.05) is 23.1 Å². The van der Waals surface area contributed by atoms with Crippen LogP contribution >= 0.6 is 46.3 Å². The minimum Gasteiger partial charge on any atom is -0.355 e. The SMILES string of the molecule is CC(C)(C)Nc1nnc(SCC2CC2(Cl)Cl)s1. The van der Waals surface area contributed by atoms with Gasteiger partial charge in [0.05, 0.1) is 0 Å². The number of hydrogen-bond acceptors (Lipinski definition) is 5. The molecule has 96 valence electrons. The van der Waals surface area contributed by atoms with Crippen LogP contribution in [0.3, 0.4) is 0 Å². The maximum Gasteiger partial charge on any atom is 0.206 e. The van der Waals surface area contributed by atoms with Crippen LogP contribution in [0.25, 0.3) is 0 Å². The Morgan fingerprint density at radius 3 is 2.65 bits per heavy atom. The lowest BCUT2D eigenvalue weighted by Crippen LogP contribution is -2.25. The number of halogens is 2. The maximum absolute atomic E-state index is 5.97. The molecule has 7 heteroatoms. The molecule has 1 aromatic heterocycles. The summed E-state index contributed by atoms with van der Waals surface area (Å²) in [6.07, 6.45) is 0.884. The number of nitrogens with one attached hydrogen (secondary N) is 1. The first-order valence-electron chi connectivity index (χ1n) is 5.38. The zero-order chi connectivity index (χ0) is 12.7. The van der Waals surface area contributed by atoms with Crippen LogP contribution in [0.2, 0.25) is 0 Å². The Labute approximate surface area is 120 Å². The summed E-state index contributed by atoms with van der Waals surface area (Å²) < 4.78 is 0.470. The van der Waals surface area contributed by atoms with Crippen LogP contribution in [-0.2, 0) is 0 Å². The van der Waals surface area contributed by atoms with Crippen LogP contribution in [-0.4, -0.2) is 25.8 Å². The summed E-state index contributed by atoms with van der Waals surface area (Å²) in [5, 5.41) is 12.4. The highest BCUT2D eigenvalue weighted by Gasteiger charge is 2.51. The van der Waals surface area contributed by atoms with E-state index in [0.717, 1.165) is 21.6 Å². The van der Waals surface area contributed by atoms with E-state index in [1.54, 1.807) is 23.1 Å². The van der Waals surface area contributed by atoms with Gasteiger partial charge in [-0.05, 0) is 27.2 Å². The van der Waals surface area contributed by atoms with Crippen molar-refractivity contribution >= 4 is 51.4 Å². The van der Waals surface area contributed by atoms with Gasteiger partial charge in [0.25, 0.3) is 0 Å². The fourth-order valence-electron chi connectivity index (χ4n) is 1.26. The monoisotopic (exact) mass is 311 g/mol. The highest BCUT2D eigenvalue weighted by Crippen LogP contribution is 2.55. The van der Waals surface area contributed by atoms with Gasteiger partial charge in [-0.25, -0.2) is 0 Å². The normalized spacial score (nSPS) is 22.5. The predicted molar refractivity (Wildman–Crippen MR) is 76.6 cm³/mol. The summed E-state index contributed by atoms with van der Waals surface area (Å²) in [6.45, 7) is 6.29. The summed E-state index contributed by atoms with van der Waals surface area (Å²) in [6, 6.07) is 0. The Morgan fingerprint density at radius 1 is 1.47 bits per heavy atom. The molecule has 0 radical (unpaired) electrons. The van der Waals surface area contributed by atoms with Gasteiger partial charge in [0.15, 0.2) is 4.34 Å². The highest BCUT2D eigenvalue weighted by molar-refractivity contribution is 8.01. The van der Waals surface area contributed by atoms with Gasteiger partial charge in [-0.15, -0.1) is 33.4 Å². The molecular formula is C10H15Cl2N3S2. The number of nitrogens with zero attached hydrogens (tertiary/aromatic N) is 2. The van der Waals surface area contributed by atoms with Gasteiger partial charge in [-0.3, -0.25) is 0 Å². The molecule has 1 fully saturated rings. The minimum absolute atomic E-state index is 0.0133. The van der Waals surface area contributed by atoms with Crippen molar-refractivity contribution in [2.45, 2.75) is 41.4 Å². The molecule has 0 aliphatic heterocycles. The predicted octanol–water partition coefficient (Wildman–Crippen LogP) is 4.03. The summed E-state index contributed by atoms with van der Waals surface area (Å²) >= 11 is 15.2. The number of rotatable bonds is 4. The summed E-state index contributed by atoms with van der Waals surface area (Å²) in [4.78, 5) is 0. The highest BCUT2D eigenvalue weighted by atomic mass is 35.5. The number of alkyl halides is 2. The average Bonchev–Trinajstić information content (AvgIpc) is 2.56. The van der Waals surface area contributed by atoms with Crippen molar-refractivity contribution < 1.29 is 0 Å². The Morgan fingerprint density at radius 2 is 2.12 bits per heavy atom. The topological polar surface area (TPSA) is 37.8 Å². The first-order valence-corrected chi connectivity index (χ1v) is 7.94. The van der Waals surface area contributed by atoms with E-state index >= 15 is 0 Å². The second-order valence-electron chi connectivity index (χ2n) is 5.22. The van der Waals surface area contributed by atoms with E-state index in [2.05, 4.69) is 36.3 Å². The third kappa shape index (κ3) is 4.16. The van der Waals surface area contributed by atoms with Gasteiger partial charge in [0.2, 0.25) is 5.13 Å². The van der Waals surface area contributed by atoms with E-state index < -0.39 is 4.33 Å². The van der Waals surface area contributed by atoms with E-state index in [1.165, 1.54) is 0 Å². The molecule has 3 nitrogen and oxygen atoms in total. The fourth-order valence-corrected chi connectivity index (χ4v) is 4.18. The number of thioether (sulfide) groups is 1. The van der Waals surface area contributed by atoms with Crippen LogP contribution in [0.5, 0.6) is 0 Å². The zero-order valence-electron chi connectivity index (χ0n) is 9.96. The smallest absolute Gasteiger partial charge is 0.206 e. The van der Waals surface area contributed by atoms with Crippen LogP contribution < -0.4 is 5.32 Å². The van der Waals surface area contributed by atoms with E-state index in [9.17, 15) is 0 Å². The molecule has 0 saturated heterocycles. The second kappa shape index (κ2) is 4.76. The largest absolute Gasteiger partial charge is 0.355 e. The first-order chi connectivity index (χ1) is 7.76. The van der Waals surface area contributed by atoms with Gasteiger partial charge in [0.1, 0.15) is 4.33 Å². The molecule has 1 N–H and O–H groups in total. The molecule has 2 rings (SSSR count). The van der Waals surface area contributed by atoms with Crippen molar-refractivity contribution in [2.24, 2.45) is 5.92 Å². The van der Waals surface area contributed by atoms with Crippen molar-refractivity contribution in [1.82, 2.24) is 10.2 Å². The molecule has 0 aromatic carbocycles. The summed E-state index contributed by atoms with van der Waals surface area (Å²) in [5.41, 5.74) is 0.0133. The number of hydrogen-bond donors (Lipinski definition) is 1. The molecular weight excluding hydrogens is 297 g/mol. The Bertz CT molecular complexity index is 401. The zero-order valence-corrected chi connectivity index (χ0v) is 13.1. The maximum atomic E-state index is 5.97. The van der Waals surface area contributed by atoms with Crippen molar-refractivity contribution in [2.75, 3.05) is 11.1 Å². The van der Waals surface area contributed by atoms with E-state index in [1.807, 2.05) is 0 Å². The van der Waals surface area contributed by atoms with Crippen LogP contribution in [0, 0.1) is 5.92 Å². The standard InChI is InChI=1S/C10H15Cl2N3S2/c1-9(2,3)13-7-14-15-8(17-7)16-5-6-4-10(6,11)12/h6H,4-5H2,1-3H3,(H,13,14). The van der Waals surface area contributed by atoms with Crippen molar-refractivity contribution in [3.8, 4) is 0 Å². The van der Waals surface area contributed by atoms with E-state index in [4.69, 9.17) is 23.2 Å². The molecule has 1 aromatic rings. The number of anilines is 1. The van der Waals surface area contributed by atoms with Gasteiger partial charge in [-0.2, -0.15) is 0 Å². The minimum atomic E-state index is -0.496. The van der Waals surface area contributed by atoms with E-state index in [0.29, 0.717) is 5.92 Å². The Kier molecular flexibility index (Phi) is 3.84. The first kappa shape index (κ1) is 13.7. The van der Waals surface area contributed by atoms with Gasteiger partial charge < -0.3 is 5.32 Å². The molecule has 1 aliphatic carbocycles. The third-order valence-corrected chi connectivity index (χ3v) is 5.31. The lowest BCUT2D eigenvalue weighted by Gasteiger charge is -2.18. The lowest BCUT2D eigenvalue weighted by molar-refractivity contribution is 0.631. The molecule has 1 saturated carbocycles. The molecule has 1 heterocycles. The Balaban J connectivity index is 1.82. The third-order valence-electron chi connectivity index (χ3n) is 2.25. The van der Waals surface area contributed by atoms with E-state index in [-0.39, 0.29) is 5.54 Å². The van der Waals surface area contributed by atoms with Gasteiger partial charge in [0, 0.05) is 17.2 Å². The molecule has 0 amide bonds. The van der Waals surface area contributed by atoms with Crippen molar-refractivity contribution in [3.63, 3.8) is 0 Å². The average molecular weight is 312 g/mol. The van der Waals surface area contributed by atoms with Gasteiger partial charge >= 0.3 is 0 Å². The molecule has 17 heavy (non-hydrogen) atoms. The molecule has 1 atom stereocenters. The quantitative estimate of drug-likeness (QED) is 0.673. The van der Waals surface area contributed by atoms with Crippen LogP contribution in [0.15, 0.2) is 4.34 Å². The van der Waals surface area contributed by atoms with Crippen LogP contribution in [0.4, 0.5) is 5.13 Å². The molecule has 1 unspecified atom stereocenters. The summed E-state index contributed by atoms with van der Waals surface area (Å²) in [5.74, 6) is 1.30. The molecule has 0 spiro atoms. The van der Waals surface area contributed by atoms with Crippen LogP contribution in [0.1, 0.15) is 27.2 Å². The number of aromatic nitrogens is 2. The fraction of sp³-hybridized carbons (Fsp3) is 0.800. The van der Waals surface area contributed by atoms with Crippen molar-refractivity contribution in [1.29, 1.82) is 0 Å². The summed E-state index contributed by atoms with van der Waals surface area (Å²) in [7, 11) is 0. The molecule has 0 bridgehead atoms. The second-order valence-corrected chi connectivity index (χ2v) is 9.01. The molecule has 1 aliphatic rings. The lowest BCUT2D eigenvalue weighted by atomic mass is 10.1. The Hall–Kier alpha value is 0.290. The van der Waals surface area contributed by atoms with Crippen molar-refractivity contribution in [3.05, 3.63) is 0 Å².